The lowest BCUT2D eigenvalue weighted by molar-refractivity contribution is -0.167. The van der Waals surface area contributed by atoms with Crippen molar-refractivity contribution in [3.05, 3.63) is 85.1 Å². The second kappa shape index (κ2) is 47.3. The molecule has 6 nitrogen and oxygen atoms in total. The van der Waals surface area contributed by atoms with Crippen LogP contribution in [0.2, 0.25) is 0 Å². The molecule has 0 aliphatic rings. The lowest BCUT2D eigenvalue weighted by Crippen LogP contribution is -2.30. The van der Waals surface area contributed by atoms with Gasteiger partial charge in [0.25, 0.3) is 0 Å². The molecule has 0 aromatic heterocycles. The quantitative estimate of drug-likeness (QED) is 0.0264. The van der Waals surface area contributed by atoms with Crippen molar-refractivity contribution in [1.82, 2.24) is 0 Å². The maximum atomic E-state index is 12.7. The molecule has 0 N–H and O–H groups in total. The first kappa shape index (κ1) is 55.6. The first-order valence-electron chi connectivity index (χ1n) is 24.1. The number of carbonyl (C=O) groups is 3. The van der Waals surface area contributed by atoms with E-state index in [9.17, 15) is 14.4 Å². The third-order valence-electron chi connectivity index (χ3n) is 9.90. The Morgan fingerprint density at radius 2 is 0.661 bits per heavy atom. The highest BCUT2D eigenvalue weighted by Gasteiger charge is 2.19. The van der Waals surface area contributed by atoms with Crippen molar-refractivity contribution in [2.24, 2.45) is 0 Å². The fraction of sp³-hybridized carbons (Fsp3) is 0.679. The molecule has 0 aromatic carbocycles. The van der Waals surface area contributed by atoms with Crippen molar-refractivity contribution in [1.29, 1.82) is 0 Å². The Morgan fingerprint density at radius 1 is 0.356 bits per heavy atom. The molecular weight excluding hydrogens is 733 g/mol. The van der Waals surface area contributed by atoms with E-state index in [0.717, 1.165) is 109 Å². The lowest BCUT2D eigenvalue weighted by atomic mass is 10.0. The van der Waals surface area contributed by atoms with Crippen LogP contribution < -0.4 is 0 Å². The number of esters is 3. The average molecular weight is 821 g/mol. The number of allylic oxidation sites excluding steroid dienone is 14. The van der Waals surface area contributed by atoms with Crippen molar-refractivity contribution in [3.63, 3.8) is 0 Å². The van der Waals surface area contributed by atoms with Gasteiger partial charge in [-0.15, -0.1) is 0 Å². The molecule has 0 saturated heterocycles. The van der Waals surface area contributed by atoms with E-state index in [0.29, 0.717) is 12.8 Å². The molecule has 6 heteroatoms. The van der Waals surface area contributed by atoms with Gasteiger partial charge < -0.3 is 14.2 Å². The summed E-state index contributed by atoms with van der Waals surface area (Å²) in [5.74, 6) is -0.978. The summed E-state index contributed by atoms with van der Waals surface area (Å²) in [6.45, 7) is 6.33. The SMILES string of the molecule is CC/C=C\C/C=C\C/C=C\C/C=C\CCCCC(=O)OCC(COC(=O)CCCCCCCCCCCCCCC)OC(=O)CCCCC/C=C\C/C=C\C/C=C\CC. The highest BCUT2D eigenvalue weighted by Crippen LogP contribution is 2.14. The zero-order chi connectivity index (χ0) is 43.0. The van der Waals surface area contributed by atoms with Crippen LogP contribution in [0.1, 0.15) is 213 Å². The van der Waals surface area contributed by atoms with Gasteiger partial charge in [-0.25, -0.2) is 0 Å². The Morgan fingerprint density at radius 3 is 1.07 bits per heavy atom. The predicted molar refractivity (Wildman–Crippen MR) is 251 cm³/mol. The fourth-order valence-electron chi connectivity index (χ4n) is 6.33. The van der Waals surface area contributed by atoms with E-state index in [2.05, 4.69) is 106 Å². The number of ether oxygens (including phenoxy) is 3. The van der Waals surface area contributed by atoms with Crippen molar-refractivity contribution in [2.45, 2.75) is 219 Å². The topological polar surface area (TPSA) is 78.9 Å². The largest absolute Gasteiger partial charge is 0.462 e. The van der Waals surface area contributed by atoms with Gasteiger partial charge >= 0.3 is 17.9 Å². The zero-order valence-electron chi connectivity index (χ0n) is 38.2. The second-order valence-electron chi connectivity index (χ2n) is 15.6. The molecule has 0 rings (SSSR count). The molecule has 1 unspecified atom stereocenters. The van der Waals surface area contributed by atoms with E-state index >= 15 is 0 Å². The molecule has 0 saturated carbocycles. The van der Waals surface area contributed by atoms with Crippen LogP contribution in [0, 0.1) is 0 Å². The van der Waals surface area contributed by atoms with Crippen molar-refractivity contribution < 1.29 is 28.6 Å². The Balaban J connectivity index is 4.50. The summed E-state index contributed by atoms with van der Waals surface area (Å²) in [6.07, 6.45) is 60.0. The molecule has 0 heterocycles. The summed E-state index contributed by atoms with van der Waals surface area (Å²) in [5.41, 5.74) is 0. The second-order valence-corrected chi connectivity index (χ2v) is 15.6. The van der Waals surface area contributed by atoms with Gasteiger partial charge in [0.2, 0.25) is 0 Å². The molecule has 1 atom stereocenters. The van der Waals surface area contributed by atoms with Crippen molar-refractivity contribution in [2.75, 3.05) is 13.2 Å². The number of rotatable bonds is 42. The normalized spacial score (nSPS) is 12.8. The Hall–Kier alpha value is -3.41. The molecule has 0 aliphatic heterocycles. The first-order valence-corrected chi connectivity index (χ1v) is 24.1. The molecular formula is C53H88O6. The van der Waals surface area contributed by atoms with Gasteiger partial charge in [0, 0.05) is 19.3 Å². The summed E-state index contributed by atoms with van der Waals surface area (Å²) in [4.78, 5) is 37.8. The monoisotopic (exact) mass is 821 g/mol. The van der Waals surface area contributed by atoms with E-state index in [1.54, 1.807) is 0 Å². The van der Waals surface area contributed by atoms with Crippen LogP contribution in [0.25, 0.3) is 0 Å². The molecule has 0 aromatic rings. The maximum absolute atomic E-state index is 12.7. The smallest absolute Gasteiger partial charge is 0.306 e. The Bertz CT molecular complexity index is 1170. The molecule has 0 radical (unpaired) electrons. The number of unbranched alkanes of at least 4 members (excludes halogenated alkanes) is 17. The maximum Gasteiger partial charge on any atom is 0.306 e. The van der Waals surface area contributed by atoms with Gasteiger partial charge in [-0.1, -0.05) is 189 Å². The summed E-state index contributed by atoms with van der Waals surface area (Å²) in [7, 11) is 0. The third kappa shape index (κ3) is 45.5. The van der Waals surface area contributed by atoms with E-state index in [4.69, 9.17) is 14.2 Å². The average Bonchev–Trinajstić information content (AvgIpc) is 3.23. The van der Waals surface area contributed by atoms with Gasteiger partial charge in [0.05, 0.1) is 0 Å². The summed E-state index contributed by atoms with van der Waals surface area (Å²) >= 11 is 0. The molecule has 0 spiro atoms. The van der Waals surface area contributed by atoms with Crippen LogP contribution in [0.15, 0.2) is 85.1 Å². The first-order chi connectivity index (χ1) is 29.0. The number of hydrogen-bond acceptors (Lipinski definition) is 6. The Labute approximate surface area is 363 Å². The van der Waals surface area contributed by atoms with E-state index in [1.165, 1.54) is 64.2 Å². The van der Waals surface area contributed by atoms with Crippen LogP contribution in [0.3, 0.4) is 0 Å². The summed E-state index contributed by atoms with van der Waals surface area (Å²) < 4.78 is 16.7. The molecule has 59 heavy (non-hydrogen) atoms. The standard InChI is InChI=1S/C53H88O6/c1-4-7-10-13-16-19-22-25-26-29-31-34-37-40-43-46-52(55)58-49-50(59-53(56)47-44-41-38-35-32-28-24-21-18-15-12-9-6-3)48-57-51(54)45-42-39-36-33-30-27-23-20-17-14-11-8-5-2/h7,9-10,12,16,18-19,21,25-26,28,31-32,34,50H,4-6,8,11,13-15,17,20,22-24,27,29-30,33,35-49H2,1-3H3/b10-7-,12-9-,19-16-,21-18-,26-25-,32-28-,34-31-. The Kier molecular flexibility index (Phi) is 44.5. The minimum Gasteiger partial charge on any atom is -0.462 e. The highest BCUT2D eigenvalue weighted by atomic mass is 16.6. The highest BCUT2D eigenvalue weighted by molar-refractivity contribution is 5.71. The third-order valence-corrected chi connectivity index (χ3v) is 9.90. The van der Waals surface area contributed by atoms with Crippen LogP contribution >= 0.6 is 0 Å². The van der Waals surface area contributed by atoms with E-state index in [1.807, 2.05) is 0 Å². The van der Waals surface area contributed by atoms with E-state index < -0.39 is 6.10 Å². The molecule has 0 fully saturated rings. The zero-order valence-corrected chi connectivity index (χ0v) is 38.2. The van der Waals surface area contributed by atoms with Crippen LogP contribution in [-0.4, -0.2) is 37.2 Å². The molecule has 336 valence electrons. The minimum atomic E-state index is -0.806. The lowest BCUT2D eigenvalue weighted by Gasteiger charge is -2.18. The van der Waals surface area contributed by atoms with Crippen molar-refractivity contribution >= 4 is 17.9 Å². The van der Waals surface area contributed by atoms with Crippen molar-refractivity contribution in [3.8, 4) is 0 Å². The van der Waals surface area contributed by atoms with Crippen LogP contribution in [-0.2, 0) is 28.6 Å². The summed E-state index contributed by atoms with van der Waals surface area (Å²) in [6, 6.07) is 0. The fourth-order valence-corrected chi connectivity index (χ4v) is 6.33. The van der Waals surface area contributed by atoms with Gasteiger partial charge in [-0.05, 0) is 89.9 Å². The minimum absolute atomic E-state index is 0.101. The number of carbonyl (C=O) groups excluding carboxylic acids is 3. The van der Waals surface area contributed by atoms with Gasteiger partial charge in [-0.3, -0.25) is 14.4 Å². The van der Waals surface area contributed by atoms with Crippen LogP contribution in [0.5, 0.6) is 0 Å². The van der Waals surface area contributed by atoms with Crippen LogP contribution in [0.4, 0.5) is 0 Å². The number of hydrogen-bond donors (Lipinski definition) is 0. The van der Waals surface area contributed by atoms with E-state index in [-0.39, 0.29) is 37.5 Å². The van der Waals surface area contributed by atoms with Gasteiger partial charge in [0.15, 0.2) is 6.10 Å². The summed E-state index contributed by atoms with van der Waals surface area (Å²) in [5, 5.41) is 0. The molecule has 0 bridgehead atoms. The molecule has 0 aliphatic carbocycles. The van der Waals surface area contributed by atoms with Gasteiger partial charge in [0.1, 0.15) is 13.2 Å². The molecule has 0 amide bonds. The van der Waals surface area contributed by atoms with Gasteiger partial charge in [-0.2, -0.15) is 0 Å². The predicted octanol–water partition coefficient (Wildman–Crippen LogP) is 15.6.